The van der Waals surface area contributed by atoms with Gasteiger partial charge in [-0.2, -0.15) is 0 Å². The Balaban J connectivity index is 1.94. The highest BCUT2D eigenvalue weighted by atomic mass is 35.5. The van der Waals surface area contributed by atoms with Gasteiger partial charge in [-0.25, -0.2) is 4.79 Å². The molecule has 0 radical (unpaired) electrons. The highest BCUT2D eigenvalue weighted by Gasteiger charge is 2.17. The van der Waals surface area contributed by atoms with E-state index >= 15 is 0 Å². The minimum atomic E-state index is -0.896. The number of hydrogen-bond donors (Lipinski definition) is 3. The van der Waals surface area contributed by atoms with Crippen LogP contribution in [0.5, 0.6) is 5.75 Å². The number of ether oxygens (including phenoxy) is 2. The molecule has 0 saturated carbocycles. The second-order valence-corrected chi connectivity index (χ2v) is 5.29. The van der Waals surface area contributed by atoms with E-state index < -0.39 is 11.9 Å². The number of carbonyl (C=O) groups excluding carboxylic acids is 2. The maximum absolute atomic E-state index is 11.4. The minimum Gasteiger partial charge on any atom is -0.489 e. The molecule has 1 saturated heterocycles. The number of carbonyl (C=O) groups is 2. The maximum atomic E-state index is 11.4. The van der Waals surface area contributed by atoms with Crippen molar-refractivity contribution in [3.63, 3.8) is 0 Å². The predicted molar refractivity (Wildman–Crippen MR) is 82.1 cm³/mol. The monoisotopic (exact) mass is 327 g/mol. The van der Waals surface area contributed by atoms with Gasteiger partial charge in [-0.05, 0) is 31.0 Å². The predicted octanol–water partition coefficient (Wildman–Crippen LogP) is 1.50. The van der Waals surface area contributed by atoms with Crippen LogP contribution in [-0.4, -0.2) is 37.8 Å². The molecule has 1 aliphatic heterocycles. The van der Waals surface area contributed by atoms with Gasteiger partial charge in [0.15, 0.2) is 0 Å². The number of nitrogens with two attached hydrogens (primary N) is 1. The van der Waals surface area contributed by atoms with E-state index in [4.69, 9.17) is 26.8 Å². The van der Waals surface area contributed by atoms with Crippen LogP contribution >= 0.6 is 11.6 Å². The molecule has 0 aromatic heterocycles. The van der Waals surface area contributed by atoms with Gasteiger partial charge in [0.2, 0.25) is 5.91 Å². The normalized spacial score (nSPS) is 17.0. The zero-order chi connectivity index (χ0) is 15.9. The quantitative estimate of drug-likeness (QED) is 0.735. The lowest BCUT2D eigenvalue weighted by molar-refractivity contribution is -0.118. The van der Waals surface area contributed by atoms with Crippen molar-refractivity contribution in [1.29, 1.82) is 0 Å². The van der Waals surface area contributed by atoms with Crippen LogP contribution in [0.1, 0.15) is 12.8 Å². The van der Waals surface area contributed by atoms with Gasteiger partial charge in [0.05, 0.1) is 18.3 Å². The first kappa shape index (κ1) is 16.4. The highest BCUT2D eigenvalue weighted by Crippen LogP contribution is 2.28. The molecule has 1 aliphatic rings. The van der Waals surface area contributed by atoms with Gasteiger partial charge in [-0.15, -0.1) is 0 Å². The molecule has 7 nitrogen and oxygen atoms in total. The van der Waals surface area contributed by atoms with Crippen molar-refractivity contribution in [3.8, 4) is 5.75 Å². The van der Waals surface area contributed by atoms with Crippen molar-refractivity contribution in [3.05, 3.63) is 23.2 Å². The van der Waals surface area contributed by atoms with E-state index in [1.165, 1.54) is 0 Å². The van der Waals surface area contributed by atoms with Crippen LogP contribution in [0.15, 0.2) is 18.2 Å². The average Bonchev–Trinajstić information content (AvgIpc) is 2.96. The van der Waals surface area contributed by atoms with Crippen molar-refractivity contribution < 1.29 is 19.1 Å². The molecule has 1 aromatic carbocycles. The minimum absolute atomic E-state index is 0.0849. The van der Waals surface area contributed by atoms with E-state index in [2.05, 4.69) is 5.32 Å². The van der Waals surface area contributed by atoms with E-state index in [-0.39, 0.29) is 12.6 Å². The fourth-order valence-electron chi connectivity index (χ4n) is 2.08. The van der Waals surface area contributed by atoms with Gasteiger partial charge in [0, 0.05) is 11.6 Å². The van der Waals surface area contributed by atoms with Gasteiger partial charge in [0.1, 0.15) is 12.4 Å². The number of benzene rings is 1. The molecule has 22 heavy (non-hydrogen) atoms. The Morgan fingerprint density at radius 2 is 2.27 bits per heavy atom. The molecule has 1 heterocycles. The largest absolute Gasteiger partial charge is 0.489 e. The number of imide groups is 1. The molecule has 120 valence electrons. The molecule has 1 aromatic rings. The van der Waals surface area contributed by atoms with Crippen molar-refractivity contribution in [1.82, 2.24) is 5.32 Å². The lowest BCUT2D eigenvalue weighted by Gasteiger charge is -2.15. The molecule has 0 spiro atoms. The molecule has 8 heteroatoms. The molecular formula is C14H18ClN3O4. The summed E-state index contributed by atoms with van der Waals surface area (Å²) >= 11 is 5.95. The lowest BCUT2D eigenvalue weighted by atomic mass is 10.2. The molecular weight excluding hydrogens is 310 g/mol. The average molecular weight is 328 g/mol. The number of halogens is 1. The Morgan fingerprint density at radius 1 is 1.45 bits per heavy atom. The van der Waals surface area contributed by atoms with Gasteiger partial charge in [-0.3, -0.25) is 10.1 Å². The number of primary amides is 1. The zero-order valence-corrected chi connectivity index (χ0v) is 12.7. The maximum Gasteiger partial charge on any atom is 0.318 e. The first-order chi connectivity index (χ1) is 10.5. The van der Waals surface area contributed by atoms with Gasteiger partial charge >= 0.3 is 6.03 Å². The Morgan fingerprint density at radius 3 is 2.95 bits per heavy atom. The van der Waals surface area contributed by atoms with Crippen molar-refractivity contribution in [2.75, 3.05) is 25.1 Å². The number of urea groups is 1. The van der Waals surface area contributed by atoms with Gasteiger partial charge in [-0.1, -0.05) is 11.6 Å². The Bertz CT molecular complexity index is 547. The Kier molecular flexibility index (Phi) is 5.85. The second-order valence-electron chi connectivity index (χ2n) is 4.85. The number of anilines is 1. The van der Waals surface area contributed by atoms with Gasteiger partial charge < -0.3 is 20.5 Å². The number of amides is 3. The van der Waals surface area contributed by atoms with Crippen LogP contribution < -0.4 is 21.1 Å². The summed E-state index contributed by atoms with van der Waals surface area (Å²) in [6.07, 6.45) is 2.09. The molecule has 0 unspecified atom stereocenters. The van der Waals surface area contributed by atoms with Crippen LogP contribution in [-0.2, 0) is 9.53 Å². The molecule has 1 fully saturated rings. The summed E-state index contributed by atoms with van der Waals surface area (Å²) in [5.41, 5.74) is 5.44. The summed E-state index contributed by atoms with van der Waals surface area (Å²) in [5.74, 6) is 0.0179. The first-order valence-electron chi connectivity index (χ1n) is 6.91. The van der Waals surface area contributed by atoms with Crippen LogP contribution in [0.2, 0.25) is 5.02 Å². The molecule has 3 amide bonds. The van der Waals surface area contributed by atoms with Crippen LogP contribution in [0, 0.1) is 0 Å². The molecule has 4 N–H and O–H groups in total. The topological polar surface area (TPSA) is 103 Å². The Labute approximate surface area is 133 Å². The summed E-state index contributed by atoms with van der Waals surface area (Å²) in [4.78, 5) is 22.0. The third-order valence-electron chi connectivity index (χ3n) is 3.09. The summed E-state index contributed by atoms with van der Waals surface area (Å²) in [5, 5.41) is 5.33. The summed E-state index contributed by atoms with van der Waals surface area (Å²) in [7, 11) is 0. The number of nitrogens with one attached hydrogen (secondary N) is 2. The van der Waals surface area contributed by atoms with Crippen LogP contribution in [0.25, 0.3) is 0 Å². The molecule has 0 bridgehead atoms. The summed E-state index contributed by atoms with van der Waals surface area (Å²) < 4.78 is 11.2. The Hall–Kier alpha value is -1.99. The van der Waals surface area contributed by atoms with E-state index in [9.17, 15) is 9.59 Å². The zero-order valence-electron chi connectivity index (χ0n) is 11.9. The molecule has 1 atom stereocenters. The first-order valence-corrected chi connectivity index (χ1v) is 7.29. The standard InChI is InChI=1S/C14H18ClN3O4/c15-9-3-4-12(22-8-10-2-1-5-21-10)11(6-9)17-7-13(19)18-14(16)20/h3-4,6,10,17H,1-2,5,7-8H2,(H3,16,18,19,20)/t10-/m1/s1. The van der Waals surface area contributed by atoms with Crippen molar-refractivity contribution in [2.24, 2.45) is 5.73 Å². The van der Waals surface area contributed by atoms with Crippen LogP contribution in [0.3, 0.4) is 0 Å². The van der Waals surface area contributed by atoms with Crippen molar-refractivity contribution >= 4 is 29.2 Å². The van der Waals surface area contributed by atoms with E-state index in [1.54, 1.807) is 18.2 Å². The second kappa shape index (κ2) is 7.86. The third-order valence-corrected chi connectivity index (χ3v) is 3.33. The fourth-order valence-corrected chi connectivity index (χ4v) is 2.25. The van der Waals surface area contributed by atoms with Crippen LogP contribution in [0.4, 0.5) is 10.5 Å². The highest BCUT2D eigenvalue weighted by molar-refractivity contribution is 6.30. The SMILES string of the molecule is NC(=O)NC(=O)CNc1cc(Cl)ccc1OC[C@H]1CCCO1. The third kappa shape index (κ3) is 5.09. The lowest BCUT2D eigenvalue weighted by Crippen LogP contribution is -2.38. The summed E-state index contributed by atoms with van der Waals surface area (Å²) in [6.45, 7) is 1.07. The molecule has 0 aliphatic carbocycles. The van der Waals surface area contributed by atoms with Crippen molar-refractivity contribution in [2.45, 2.75) is 18.9 Å². The number of rotatable bonds is 6. The van der Waals surface area contributed by atoms with E-state index in [0.717, 1.165) is 19.4 Å². The summed E-state index contributed by atoms with van der Waals surface area (Å²) in [6, 6.07) is 4.16. The molecule has 2 rings (SSSR count). The smallest absolute Gasteiger partial charge is 0.318 e. The van der Waals surface area contributed by atoms with E-state index in [1.807, 2.05) is 5.32 Å². The van der Waals surface area contributed by atoms with E-state index in [0.29, 0.717) is 23.1 Å². The number of hydrogen-bond acceptors (Lipinski definition) is 5. The van der Waals surface area contributed by atoms with Gasteiger partial charge in [0.25, 0.3) is 0 Å². The fraction of sp³-hybridized carbons (Fsp3) is 0.429.